The third-order valence-electron chi connectivity index (χ3n) is 5.58. The molecule has 5 nitrogen and oxygen atoms in total. The Bertz CT molecular complexity index is 1100. The second kappa shape index (κ2) is 8.73. The Kier molecular flexibility index (Phi) is 5.87. The van der Waals surface area contributed by atoms with E-state index >= 15 is 0 Å². The molecule has 1 atom stereocenters. The summed E-state index contributed by atoms with van der Waals surface area (Å²) in [4.78, 5) is 13.9. The fraction of sp³-hybridized carbons (Fsp3) is 0.360. The predicted octanol–water partition coefficient (Wildman–Crippen LogP) is 3.88. The molecule has 1 aliphatic rings. The molecular weight excluding hydrogens is 372 g/mol. The molecule has 0 radical (unpaired) electrons. The van der Waals surface area contributed by atoms with E-state index in [1.54, 1.807) is 0 Å². The zero-order valence-corrected chi connectivity index (χ0v) is 18.1. The number of ether oxygens (including phenoxy) is 1. The molecule has 0 bridgehead atoms. The van der Waals surface area contributed by atoms with Crippen LogP contribution in [0.1, 0.15) is 29.7 Å². The van der Waals surface area contributed by atoms with Gasteiger partial charge in [-0.05, 0) is 81.2 Å². The number of rotatable bonds is 4. The lowest BCUT2D eigenvalue weighted by Crippen LogP contribution is -2.30. The van der Waals surface area contributed by atoms with Gasteiger partial charge in [0.15, 0.2) is 5.69 Å². The maximum atomic E-state index is 6.14. The van der Waals surface area contributed by atoms with Crippen LogP contribution in [0.15, 0.2) is 42.5 Å². The molecule has 5 heteroatoms. The number of anilines is 1. The van der Waals surface area contributed by atoms with Gasteiger partial charge in [-0.2, -0.15) is 0 Å². The molecule has 0 spiro atoms. The topological polar surface area (TPSA) is 41.5 Å². The maximum absolute atomic E-state index is 6.14. The molecule has 2 aromatic carbocycles. The minimum absolute atomic E-state index is 0.417. The summed E-state index contributed by atoms with van der Waals surface area (Å²) in [6.07, 6.45) is 2.36. The van der Waals surface area contributed by atoms with Crippen LogP contribution in [0.25, 0.3) is 11.0 Å². The van der Waals surface area contributed by atoms with E-state index in [1.165, 1.54) is 6.42 Å². The van der Waals surface area contributed by atoms with Crippen LogP contribution in [-0.2, 0) is 0 Å². The maximum Gasteiger partial charge on any atom is 0.249 e. The largest absolute Gasteiger partial charge is 0.474 e. The molecule has 2 heterocycles. The molecule has 4 rings (SSSR count). The highest BCUT2D eigenvalue weighted by Crippen LogP contribution is 2.22. The third kappa shape index (κ3) is 4.55. The normalized spacial score (nSPS) is 16.3. The van der Waals surface area contributed by atoms with Gasteiger partial charge in [-0.25, -0.2) is 9.97 Å². The van der Waals surface area contributed by atoms with E-state index in [0.29, 0.717) is 24.2 Å². The molecule has 0 N–H and O–H groups in total. The Morgan fingerprint density at radius 3 is 2.57 bits per heavy atom. The molecule has 0 aliphatic carbocycles. The Morgan fingerprint density at radius 2 is 1.87 bits per heavy atom. The average molecular weight is 401 g/mol. The van der Waals surface area contributed by atoms with Gasteiger partial charge in [0.1, 0.15) is 6.61 Å². The minimum atomic E-state index is 0.417. The second-order valence-corrected chi connectivity index (χ2v) is 8.15. The van der Waals surface area contributed by atoms with Crippen molar-refractivity contribution in [2.45, 2.75) is 25.8 Å². The smallest absolute Gasteiger partial charge is 0.249 e. The first-order valence-corrected chi connectivity index (χ1v) is 10.4. The van der Waals surface area contributed by atoms with E-state index < -0.39 is 0 Å². The lowest BCUT2D eigenvalue weighted by atomic mass is 10.2. The first-order valence-electron chi connectivity index (χ1n) is 10.4. The fourth-order valence-corrected chi connectivity index (χ4v) is 3.67. The van der Waals surface area contributed by atoms with Crippen LogP contribution >= 0.6 is 0 Å². The van der Waals surface area contributed by atoms with Crippen LogP contribution in [0.3, 0.4) is 0 Å². The highest BCUT2D eigenvalue weighted by atomic mass is 16.5. The van der Waals surface area contributed by atoms with E-state index in [0.717, 1.165) is 40.8 Å². The molecule has 0 saturated carbocycles. The van der Waals surface area contributed by atoms with Gasteiger partial charge < -0.3 is 14.5 Å². The van der Waals surface area contributed by atoms with Crippen molar-refractivity contribution in [2.24, 2.45) is 0 Å². The summed E-state index contributed by atoms with van der Waals surface area (Å²) in [6, 6.07) is 14.7. The average Bonchev–Trinajstić information content (AvgIpc) is 3.15. The number of likely N-dealkylation sites (N-methyl/N-ethyl adjacent to an activating group) is 1. The molecule has 0 amide bonds. The summed E-state index contributed by atoms with van der Waals surface area (Å²) in [5.41, 5.74) is 5.49. The van der Waals surface area contributed by atoms with E-state index in [2.05, 4.69) is 47.7 Å². The summed E-state index contributed by atoms with van der Waals surface area (Å²) >= 11 is 0. The zero-order valence-electron chi connectivity index (χ0n) is 18.1. The van der Waals surface area contributed by atoms with Crippen LogP contribution in [0.4, 0.5) is 5.69 Å². The molecule has 3 aromatic rings. The number of hydrogen-bond acceptors (Lipinski definition) is 5. The van der Waals surface area contributed by atoms with Crippen LogP contribution in [-0.4, -0.2) is 55.2 Å². The first-order chi connectivity index (χ1) is 14.5. The zero-order chi connectivity index (χ0) is 21.1. The quantitative estimate of drug-likeness (QED) is 0.622. The molecule has 1 saturated heterocycles. The van der Waals surface area contributed by atoms with Crippen LogP contribution in [0, 0.1) is 18.8 Å². The predicted molar refractivity (Wildman–Crippen MR) is 122 cm³/mol. The highest BCUT2D eigenvalue weighted by Gasteiger charge is 2.22. The van der Waals surface area contributed by atoms with Crippen molar-refractivity contribution in [1.29, 1.82) is 0 Å². The fourth-order valence-electron chi connectivity index (χ4n) is 3.67. The summed E-state index contributed by atoms with van der Waals surface area (Å²) < 4.78 is 6.14. The lowest BCUT2D eigenvalue weighted by Gasteiger charge is -2.19. The molecule has 1 unspecified atom stereocenters. The monoisotopic (exact) mass is 400 g/mol. The SMILES string of the molecule is Cc1ccc2nc(OCC3CCCN3C)c(C#Cc3ccc(N(C)C)cc3)nc2c1. The van der Waals surface area contributed by atoms with Gasteiger partial charge in [0.05, 0.1) is 11.0 Å². The molecule has 1 fully saturated rings. The molecule has 30 heavy (non-hydrogen) atoms. The summed E-state index contributed by atoms with van der Waals surface area (Å²) in [5.74, 6) is 6.94. The van der Waals surface area contributed by atoms with E-state index in [1.807, 2.05) is 44.4 Å². The van der Waals surface area contributed by atoms with Gasteiger partial charge in [-0.3, -0.25) is 0 Å². The Hall–Kier alpha value is -3.10. The molecular formula is C25H28N4O. The van der Waals surface area contributed by atoms with Gasteiger partial charge in [-0.15, -0.1) is 0 Å². The number of fused-ring (bicyclic) bond motifs is 1. The summed E-state index contributed by atoms with van der Waals surface area (Å²) in [5, 5.41) is 0. The van der Waals surface area contributed by atoms with E-state index in [4.69, 9.17) is 14.7 Å². The Balaban J connectivity index is 1.65. The number of benzene rings is 2. The van der Waals surface area contributed by atoms with Crippen molar-refractivity contribution < 1.29 is 4.74 Å². The van der Waals surface area contributed by atoms with Crippen molar-refractivity contribution in [3.8, 4) is 17.7 Å². The van der Waals surface area contributed by atoms with Gasteiger partial charge in [0.25, 0.3) is 0 Å². The second-order valence-electron chi connectivity index (χ2n) is 8.15. The third-order valence-corrected chi connectivity index (χ3v) is 5.58. The first kappa shape index (κ1) is 20.2. The van der Waals surface area contributed by atoms with Gasteiger partial charge in [0, 0.05) is 31.4 Å². The van der Waals surface area contributed by atoms with Crippen LogP contribution < -0.4 is 9.64 Å². The van der Waals surface area contributed by atoms with Crippen molar-refractivity contribution in [3.63, 3.8) is 0 Å². The van der Waals surface area contributed by atoms with Crippen molar-refractivity contribution in [3.05, 3.63) is 59.3 Å². The number of hydrogen-bond donors (Lipinski definition) is 0. The van der Waals surface area contributed by atoms with Gasteiger partial charge in [-0.1, -0.05) is 12.0 Å². The Labute approximate surface area is 178 Å². The summed E-state index contributed by atoms with van der Waals surface area (Å²) in [6.45, 7) is 3.78. The minimum Gasteiger partial charge on any atom is -0.474 e. The standard InChI is InChI=1S/C25H28N4O/c1-18-7-13-22-24(16-18)26-23(14-10-19-8-11-20(12-9-19)28(2)3)25(27-22)30-17-21-6-5-15-29(21)4/h7-9,11-13,16,21H,5-6,15,17H2,1-4H3. The summed E-state index contributed by atoms with van der Waals surface area (Å²) in [7, 11) is 6.20. The van der Waals surface area contributed by atoms with Gasteiger partial charge >= 0.3 is 0 Å². The van der Waals surface area contributed by atoms with Crippen molar-refractivity contribution >= 4 is 16.7 Å². The number of likely N-dealkylation sites (tertiary alicyclic amines) is 1. The van der Waals surface area contributed by atoms with Crippen LogP contribution in [0.2, 0.25) is 0 Å². The van der Waals surface area contributed by atoms with E-state index in [9.17, 15) is 0 Å². The lowest BCUT2D eigenvalue weighted by molar-refractivity contribution is 0.193. The van der Waals surface area contributed by atoms with Crippen LogP contribution in [0.5, 0.6) is 5.88 Å². The number of aryl methyl sites for hydroxylation is 1. The van der Waals surface area contributed by atoms with Crippen molar-refractivity contribution in [1.82, 2.24) is 14.9 Å². The molecule has 154 valence electrons. The Morgan fingerprint density at radius 1 is 1.07 bits per heavy atom. The van der Waals surface area contributed by atoms with Crippen molar-refractivity contribution in [2.75, 3.05) is 39.2 Å². The number of aromatic nitrogens is 2. The highest BCUT2D eigenvalue weighted by molar-refractivity contribution is 5.76. The van der Waals surface area contributed by atoms with E-state index in [-0.39, 0.29) is 0 Å². The van der Waals surface area contributed by atoms with Gasteiger partial charge in [0.2, 0.25) is 5.88 Å². The number of nitrogens with zero attached hydrogens (tertiary/aromatic N) is 4. The molecule has 1 aromatic heterocycles. The molecule has 1 aliphatic heterocycles.